The number of anilines is 2. The monoisotopic (exact) mass is 297 g/mol. The van der Waals surface area contributed by atoms with Gasteiger partial charge in [-0.15, -0.1) is 0 Å². The molecule has 0 radical (unpaired) electrons. The van der Waals surface area contributed by atoms with Crippen LogP contribution < -0.4 is 15.2 Å². The van der Waals surface area contributed by atoms with Gasteiger partial charge in [-0.3, -0.25) is 4.72 Å². The molecule has 0 bridgehead atoms. The van der Waals surface area contributed by atoms with E-state index in [1.165, 1.54) is 31.5 Å². The second-order valence-electron chi connectivity index (χ2n) is 3.88. The number of nitrogens with zero attached hydrogens (tertiary/aromatic N) is 1. The summed E-state index contributed by atoms with van der Waals surface area (Å²) in [5.74, 6) is -0.342. The number of aromatic nitrogens is 1. The number of benzene rings is 1. The summed E-state index contributed by atoms with van der Waals surface area (Å²) in [4.78, 5) is 3.53. The number of pyridine rings is 1. The van der Waals surface area contributed by atoms with E-state index >= 15 is 0 Å². The van der Waals surface area contributed by atoms with Crippen molar-refractivity contribution in [2.75, 3.05) is 17.6 Å². The third-order valence-electron chi connectivity index (χ3n) is 2.46. The van der Waals surface area contributed by atoms with Crippen LogP contribution in [0.5, 0.6) is 5.88 Å². The van der Waals surface area contributed by atoms with E-state index in [4.69, 9.17) is 10.5 Å². The van der Waals surface area contributed by atoms with Crippen LogP contribution in [0.3, 0.4) is 0 Å². The molecule has 0 saturated carbocycles. The standard InChI is InChI=1S/C12H12FN3O3S/c1-19-12-5-3-9(7-15-12)16-20(17,18)11-6-8(13)2-4-10(11)14/h2-7,16H,14H2,1H3. The van der Waals surface area contributed by atoms with E-state index in [1.807, 2.05) is 0 Å². The molecule has 0 aliphatic carbocycles. The highest BCUT2D eigenvalue weighted by Crippen LogP contribution is 2.22. The number of halogens is 1. The zero-order valence-corrected chi connectivity index (χ0v) is 11.3. The smallest absolute Gasteiger partial charge is 0.264 e. The Labute approximate surface area is 115 Å². The molecule has 2 rings (SSSR count). The lowest BCUT2D eigenvalue weighted by Gasteiger charge is -2.10. The third-order valence-corrected chi connectivity index (χ3v) is 3.90. The lowest BCUT2D eigenvalue weighted by atomic mass is 10.3. The first-order valence-corrected chi connectivity index (χ1v) is 6.98. The number of ether oxygens (including phenoxy) is 1. The van der Waals surface area contributed by atoms with Gasteiger partial charge in [-0.25, -0.2) is 17.8 Å². The van der Waals surface area contributed by atoms with E-state index < -0.39 is 15.8 Å². The molecule has 0 saturated heterocycles. The maximum absolute atomic E-state index is 13.1. The lowest BCUT2D eigenvalue weighted by Crippen LogP contribution is -2.15. The van der Waals surface area contributed by atoms with Crippen molar-refractivity contribution in [3.63, 3.8) is 0 Å². The normalized spacial score (nSPS) is 11.1. The molecule has 2 aromatic rings. The van der Waals surface area contributed by atoms with Crippen molar-refractivity contribution >= 4 is 21.4 Å². The molecule has 6 nitrogen and oxygen atoms in total. The van der Waals surface area contributed by atoms with Crippen LogP contribution in [0.25, 0.3) is 0 Å². The molecule has 1 heterocycles. The van der Waals surface area contributed by atoms with Crippen LogP contribution in [0.15, 0.2) is 41.4 Å². The number of hydrogen-bond acceptors (Lipinski definition) is 5. The second kappa shape index (κ2) is 5.33. The van der Waals surface area contributed by atoms with Crippen LogP contribution >= 0.6 is 0 Å². The summed E-state index contributed by atoms with van der Waals surface area (Å²) in [7, 11) is -2.54. The zero-order chi connectivity index (χ0) is 14.8. The molecule has 0 aliphatic rings. The molecule has 0 unspecified atom stereocenters. The van der Waals surface area contributed by atoms with Gasteiger partial charge in [-0.1, -0.05) is 0 Å². The van der Waals surface area contributed by atoms with Crippen LogP contribution in [0, 0.1) is 5.82 Å². The summed E-state index contributed by atoms with van der Waals surface area (Å²) in [5.41, 5.74) is 5.73. The Morgan fingerprint density at radius 3 is 2.65 bits per heavy atom. The van der Waals surface area contributed by atoms with Crippen LogP contribution in [0.4, 0.5) is 15.8 Å². The van der Waals surface area contributed by atoms with Crippen molar-refractivity contribution < 1.29 is 17.5 Å². The number of nitrogen functional groups attached to an aromatic ring is 1. The quantitative estimate of drug-likeness (QED) is 0.836. The molecule has 1 aromatic heterocycles. The van der Waals surface area contributed by atoms with Crippen molar-refractivity contribution in [1.29, 1.82) is 0 Å². The highest BCUT2D eigenvalue weighted by atomic mass is 32.2. The molecule has 1 aromatic carbocycles. The maximum Gasteiger partial charge on any atom is 0.264 e. The summed E-state index contributed by atoms with van der Waals surface area (Å²) in [6, 6.07) is 6.10. The average molecular weight is 297 g/mol. The Kier molecular flexibility index (Phi) is 3.75. The highest BCUT2D eigenvalue weighted by Gasteiger charge is 2.18. The third kappa shape index (κ3) is 2.97. The number of rotatable bonds is 4. The molecule has 0 aliphatic heterocycles. The van der Waals surface area contributed by atoms with Gasteiger partial charge in [-0.2, -0.15) is 0 Å². The minimum Gasteiger partial charge on any atom is -0.481 e. The van der Waals surface area contributed by atoms with Crippen LogP contribution in [0.1, 0.15) is 0 Å². The minimum absolute atomic E-state index is 0.0413. The number of nitrogens with two attached hydrogens (primary N) is 1. The fourth-order valence-corrected chi connectivity index (χ4v) is 2.70. The number of hydrogen-bond donors (Lipinski definition) is 2. The van der Waals surface area contributed by atoms with Gasteiger partial charge in [-0.05, 0) is 24.3 Å². The maximum atomic E-state index is 13.1. The fourth-order valence-electron chi connectivity index (χ4n) is 1.51. The van der Waals surface area contributed by atoms with Gasteiger partial charge < -0.3 is 10.5 Å². The van der Waals surface area contributed by atoms with Crippen LogP contribution in [-0.2, 0) is 10.0 Å². The zero-order valence-electron chi connectivity index (χ0n) is 10.5. The average Bonchev–Trinajstić information content (AvgIpc) is 2.42. The van der Waals surface area contributed by atoms with Gasteiger partial charge in [0.1, 0.15) is 10.7 Å². The number of methoxy groups -OCH3 is 1. The van der Waals surface area contributed by atoms with Gasteiger partial charge in [0.15, 0.2) is 0 Å². The number of sulfonamides is 1. The van der Waals surface area contributed by atoms with E-state index in [0.29, 0.717) is 5.88 Å². The Morgan fingerprint density at radius 2 is 2.05 bits per heavy atom. The van der Waals surface area contributed by atoms with Gasteiger partial charge in [0.2, 0.25) is 5.88 Å². The van der Waals surface area contributed by atoms with E-state index in [9.17, 15) is 12.8 Å². The molecule has 3 N–H and O–H groups in total. The predicted molar refractivity (Wildman–Crippen MR) is 72.4 cm³/mol. The molecule has 0 atom stereocenters. The van der Waals surface area contributed by atoms with Crippen LogP contribution in [0.2, 0.25) is 0 Å². The highest BCUT2D eigenvalue weighted by molar-refractivity contribution is 7.92. The van der Waals surface area contributed by atoms with Crippen molar-refractivity contribution in [3.05, 3.63) is 42.3 Å². The fraction of sp³-hybridized carbons (Fsp3) is 0.0833. The van der Waals surface area contributed by atoms with E-state index in [-0.39, 0.29) is 16.3 Å². The van der Waals surface area contributed by atoms with Gasteiger partial charge in [0, 0.05) is 6.07 Å². The molecular weight excluding hydrogens is 285 g/mol. The summed E-state index contributed by atoms with van der Waals surface area (Å²) < 4.78 is 44.5. The molecule has 0 amide bonds. The Bertz CT molecular complexity index is 717. The van der Waals surface area contributed by atoms with Crippen molar-refractivity contribution in [3.8, 4) is 5.88 Å². The minimum atomic E-state index is -3.98. The van der Waals surface area contributed by atoms with Crippen molar-refractivity contribution in [2.24, 2.45) is 0 Å². The van der Waals surface area contributed by atoms with Crippen molar-refractivity contribution in [2.45, 2.75) is 4.90 Å². The Morgan fingerprint density at radius 1 is 1.30 bits per heavy atom. The molecular formula is C12H12FN3O3S. The SMILES string of the molecule is COc1ccc(NS(=O)(=O)c2cc(F)ccc2N)cn1. The molecule has 0 fully saturated rings. The van der Waals surface area contributed by atoms with E-state index in [1.54, 1.807) is 0 Å². The first-order chi connectivity index (χ1) is 9.42. The number of nitrogens with one attached hydrogen (secondary N) is 1. The topological polar surface area (TPSA) is 94.3 Å². The predicted octanol–water partition coefficient (Wildman–Crippen LogP) is 1.61. The Hall–Kier alpha value is -2.35. The van der Waals surface area contributed by atoms with Gasteiger partial charge in [0.05, 0.1) is 24.7 Å². The molecule has 8 heteroatoms. The summed E-state index contributed by atoms with van der Waals surface area (Å²) in [5, 5.41) is 0. The van der Waals surface area contributed by atoms with Gasteiger partial charge >= 0.3 is 0 Å². The summed E-state index contributed by atoms with van der Waals surface area (Å²) in [6.45, 7) is 0. The van der Waals surface area contributed by atoms with E-state index in [0.717, 1.165) is 12.1 Å². The van der Waals surface area contributed by atoms with E-state index in [2.05, 4.69) is 9.71 Å². The Balaban J connectivity index is 2.32. The van der Waals surface area contributed by atoms with Gasteiger partial charge in [0.25, 0.3) is 10.0 Å². The largest absolute Gasteiger partial charge is 0.481 e. The van der Waals surface area contributed by atoms with Crippen LogP contribution in [-0.4, -0.2) is 20.5 Å². The summed E-state index contributed by atoms with van der Waals surface area (Å²) >= 11 is 0. The molecule has 20 heavy (non-hydrogen) atoms. The lowest BCUT2D eigenvalue weighted by molar-refractivity contribution is 0.398. The summed E-state index contributed by atoms with van der Waals surface area (Å²) in [6.07, 6.45) is 1.28. The first-order valence-electron chi connectivity index (χ1n) is 5.50. The van der Waals surface area contributed by atoms with Crippen molar-refractivity contribution in [1.82, 2.24) is 4.98 Å². The molecule has 106 valence electrons. The molecule has 0 spiro atoms. The second-order valence-corrected chi connectivity index (χ2v) is 5.53. The first kappa shape index (κ1) is 14.1.